The Morgan fingerprint density at radius 1 is 1.12 bits per heavy atom. The van der Waals surface area contributed by atoms with Crippen LogP contribution in [0.3, 0.4) is 0 Å². The highest BCUT2D eigenvalue weighted by Gasteiger charge is 2.25. The zero-order valence-corrected chi connectivity index (χ0v) is 19.0. The van der Waals surface area contributed by atoms with Crippen molar-refractivity contribution in [3.05, 3.63) is 66.1 Å². The number of carbonyl (C=O) groups is 1. The molecule has 33 heavy (non-hydrogen) atoms. The summed E-state index contributed by atoms with van der Waals surface area (Å²) in [6.07, 6.45) is -2.83. The number of benzene rings is 2. The van der Waals surface area contributed by atoms with E-state index in [9.17, 15) is 23.7 Å². The lowest BCUT2D eigenvalue weighted by atomic mass is 9.99. The molecule has 7 nitrogen and oxygen atoms in total. The van der Waals surface area contributed by atoms with Crippen LogP contribution in [0.5, 0.6) is 0 Å². The highest BCUT2D eigenvalue weighted by atomic mass is 31.2. The second kappa shape index (κ2) is 10.1. The number of aliphatic hydroxyl groups is 1. The summed E-state index contributed by atoms with van der Waals surface area (Å²) >= 11 is 0. The second-order valence-electron chi connectivity index (χ2n) is 7.86. The van der Waals surface area contributed by atoms with Crippen LogP contribution in [0.25, 0.3) is 22.4 Å². The Labute approximate surface area is 191 Å². The van der Waals surface area contributed by atoms with Gasteiger partial charge in [-0.25, -0.2) is 4.39 Å². The molecule has 0 radical (unpaired) electrons. The van der Waals surface area contributed by atoms with Gasteiger partial charge in [0.15, 0.2) is 0 Å². The molecule has 0 aliphatic heterocycles. The van der Waals surface area contributed by atoms with Gasteiger partial charge in [0.1, 0.15) is 17.2 Å². The molecular formula is C24H24FN2O5P. The van der Waals surface area contributed by atoms with Crippen molar-refractivity contribution in [3.63, 3.8) is 0 Å². The number of aliphatic hydroxyl groups excluding tert-OH is 1. The summed E-state index contributed by atoms with van der Waals surface area (Å²) in [6.45, 7) is 3.77. The van der Waals surface area contributed by atoms with Crippen molar-refractivity contribution in [2.75, 3.05) is 6.16 Å². The molecule has 9 heteroatoms. The number of hydrogen-bond acceptors (Lipinski definition) is 4. The number of aliphatic carboxylic acids is 1. The van der Waals surface area contributed by atoms with E-state index in [1.54, 1.807) is 16.8 Å². The third-order valence-electron chi connectivity index (χ3n) is 4.80. The Balaban J connectivity index is 2.17. The SMILES string of the molecule is CC(C)n1nc(-c2ccccc2)c(-c2ccc(F)cc2)c1C#CP(=O)(O)C[C@@H](O)CC(=O)O. The minimum atomic E-state index is -4.18. The van der Waals surface area contributed by atoms with Gasteiger partial charge in [-0.15, -0.1) is 0 Å². The minimum absolute atomic E-state index is 0.151. The van der Waals surface area contributed by atoms with Crippen LogP contribution < -0.4 is 0 Å². The third kappa shape index (κ3) is 6.17. The molecule has 3 aromatic rings. The van der Waals surface area contributed by atoms with Crippen molar-refractivity contribution in [1.29, 1.82) is 0 Å². The molecule has 1 unspecified atom stereocenters. The van der Waals surface area contributed by atoms with Crippen molar-refractivity contribution in [3.8, 4) is 34.0 Å². The molecule has 0 saturated carbocycles. The zero-order valence-electron chi connectivity index (χ0n) is 18.1. The molecule has 172 valence electrons. The van der Waals surface area contributed by atoms with Crippen LogP contribution in [0.2, 0.25) is 0 Å². The molecule has 2 aromatic carbocycles. The number of rotatable bonds is 7. The molecule has 3 N–H and O–H groups in total. The van der Waals surface area contributed by atoms with Gasteiger partial charge in [0.05, 0.1) is 18.7 Å². The predicted molar refractivity (Wildman–Crippen MR) is 123 cm³/mol. The Bertz CT molecular complexity index is 1240. The van der Waals surface area contributed by atoms with E-state index in [-0.39, 0.29) is 6.04 Å². The summed E-state index contributed by atoms with van der Waals surface area (Å²) < 4.78 is 27.8. The van der Waals surface area contributed by atoms with Gasteiger partial charge in [-0.1, -0.05) is 42.5 Å². The molecule has 3 rings (SSSR count). The number of aromatic nitrogens is 2. The van der Waals surface area contributed by atoms with E-state index in [1.165, 1.54) is 12.1 Å². The monoisotopic (exact) mass is 470 g/mol. The largest absolute Gasteiger partial charge is 0.481 e. The van der Waals surface area contributed by atoms with E-state index >= 15 is 0 Å². The average molecular weight is 470 g/mol. The fourth-order valence-electron chi connectivity index (χ4n) is 3.35. The standard InChI is InChI=1S/C24H24FN2O5P/c1-16(2)27-21(12-13-33(31,32)15-20(28)14-22(29)30)23(17-8-10-19(25)11-9-17)24(26-27)18-6-4-3-5-7-18/h3-11,16,20,28H,14-15H2,1-2H3,(H,29,30)(H,31,32)/t20-/m0/s1. The van der Waals surface area contributed by atoms with Gasteiger partial charge in [0.2, 0.25) is 0 Å². The molecule has 0 spiro atoms. The molecule has 0 amide bonds. The van der Waals surface area contributed by atoms with Gasteiger partial charge in [-0.3, -0.25) is 14.0 Å². The van der Waals surface area contributed by atoms with Crippen molar-refractivity contribution < 1.29 is 28.9 Å². The van der Waals surface area contributed by atoms with Gasteiger partial charge in [-0.2, -0.15) is 5.10 Å². The molecule has 1 heterocycles. The smallest absolute Gasteiger partial charge is 0.305 e. The number of nitrogens with zero attached hydrogens (tertiary/aromatic N) is 2. The van der Waals surface area contributed by atoms with Crippen molar-refractivity contribution in [2.45, 2.75) is 32.4 Å². The first-order chi connectivity index (χ1) is 15.6. The lowest BCUT2D eigenvalue weighted by Crippen LogP contribution is -2.17. The van der Waals surface area contributed by atoms with Crippen LogP contribution in [0.4, 0.5) is 4.39 Å². The normalized spacial score (nSPS) is 13.8. The highest BCUT2D eigenvalue weighted by molar-refractivity contribution is 7.63. The Morgan fingerprint density at radius 3 is 2.33 bits per heavy atom. The summed E-state index contributed by atoms with van der Waals surface area (Å²) in [5.74, 6) is 1.07. The van der Waals surface area contributed by atoms with Crippen LogP contribution in [0, 0.1) is 17.4 Å². The first kappa shape index (κ1) is 24.4. The molecule has 2 atom stereocenters. The fraction of sp³-hybridized carbons (Fsp3) is 0.250. The minimum Gasteiger partial charge on any atom is -0.481 e. The van der Waals surface area contributed by atoms with E-state index in [0.717, 1.165) is 5.56 Å². The Kier molecular flexibility index (Phi) is 7.50. The molecule has 0 saturated heterocycles. The van der Waals surface area contributed by atoms with E-state index in [4.69, 9.17) is 10.2 Å². The van der Waals surface area contributed by atoms with Crippen molar-refractivity contribution in [2.24, 2.45) is 0 Å². The maximum absolute atomic E-state index is 13.6. The summed E-state index contributed by atoms with van der Waals surface area (Å²) in [5, 5.41) is 23.2. The first-order valence-corrected chi connectivity index (χ1v) is 12.1. The molecule has 0 aliphatic carbocycles. The van der Waals surface area contributed by atoms with Gasteiger partial charge in [0, 0.05) is 17.2 Å². The maximum atomic E-state index is 13.6. The molecular weight excluding hydrogens is 446 g/mol. The highest BCUT2D eigenvalue weighted by Crippen LogP contribution is 2.41. The van der Waals surface area contributed by atoms with E-state index in [2.05, 4.69) is 11.6 Å². The number of hydrogen-bond donors (Lipinski definition) is 3. The maximum Gasteiger partial charge on any atom is 0.305 e. The lowest BCUT2D eigenvalue weighted by Gasteiger charge is -2.10. The number of halogens is 1. The zero-order chi connectivity index (χ0) is 24.2. The molecule has 1 aromatic heterocycles. The second-order valence-corrected chi connectivity index (χ2v) is 9.85. The van der Waals surface area contributed by atoms with E-state index in [1.807, 2.05) is 44.2 Å². The predicted octanol–water partition coefficient (Wildman–Crippen LogP) is 4.35. The number of carboxylic acid groups (broad SMARTS) is 1. The van der Waals surface area contributed by atoms with Crippen LogP contribution >= 0.6 is 7.37 Å². The van der Waals surface area contributed by atoms with E-state index in [0.29, 0.717) is 22.5 Å². The third-order valence-corrected chi connectivity index (χ3v) is 6.17. The van der Waals surface area contributed by atoms with Gasteiger partial charge < -0.3 is 15.1 Å². The fourth-order valence-corrected chi connectivity index (χ4v) is 4.43. The van der Waals surface area contributed by atoms with E-state index < -0.39 is 37.8 Å². The van der Waals surface area contributed by atoms with Crippen LogP contribution in [0.15, 0.2) is 54.6 Å². The molecule has 0 aliphatic rings. The topological polar surface area (TPSA) is 113 Å². The van der Waals surface area contributed by atoms with Crippen molar-refractivity contribution >= 4 is 13.3 Å². The van der Waals surface area contributed by atoms with Crippen LogP contribution in [0.1, 0.15) is 32.0 Å². The van der Waals surface area contributed by atoms with Crippen LogP contribution in [-0.4, -0.2) is 43.1 Å². The van der Waals surface area contributed by atoms with Gasteiger partial charge in [-0.05, 0) is 43.1 Å². The summed E-state index contributed by atoms with van der Waals surface area (Å²) in [7, 11) is -4.18. The quantitative estimate of drug-likeness (QED) is 0.350. The van der Waals surface area contributed by atoms with Gasteiger partial charge in [0.25, 0.3) is 7.37 Å². The lowest BCUT2D eigenvalue weighted by molar-refractivity contribution is -0.138. The summed E-state index contributed by atoms with van der Waals surface area (Å²) in [6, 6.07) is 15.0. The first-order valence-electron chi connectivity index (χ1n) is 10.3. The number of carboxylic acids is 1. The summed E-state index contributed by atoms with van der Waals surface area (Å²) in [5.41, 5.74) is 5.28. The average Bonchev–Trinajstić information content (AvgIpc) is 3.12. The van der Waals surface area contributed by atoms with Crippen molar-refractivity contribution in [1.82, 2.24) is 9.78 Å². The Hall–Kier alpha value is -3.24. The van der Waals surface area contributed by atoms with Gasteiger partial charge >= 0.3 is 5.97 Å². The van der Waals surface area contributed by atoms with Crippen LogP contribution in [-0.2, 0) is 9.36 Å². The Morgan fingerprint density at radius 2 is 1.76 bits per heavy atom. The molecule has 0 fully saturated rings. The molecule has 0 bridgehead atoms. The summed E-state index contributed by atoms with van der Waals surface area (Å²) in [4.78, 5) is 21.0.